The van der Waals surface area contributed by atoms with Crippen LogP contribution in [0.2, 0.25) is 0 Å². The number of nitrogens with one attached hydrogen (secondary N) is 1. The van der Waals surface area contributed by atoms with Crippen LogP contribution in [0.4, 0.5) is 4.39 Å². The van der Waals surface area contributed by atoms with E-state index in [2.05, 4.69) is 5.32 Å². The summed E-state index contributed by atoms with van der Waals surface area (Å²) in [6.07, 6.45) is 0.907. The van der Waals surface area contributed by atoms with Crippen LogP contribution in [0.3, 0.4) is 0 Å². The number of halogens is 1. The summed E-state index contributed by atoms with van der Waals surface area (Å²) in [5, 5.41) is 3.20. The Bertz CT molecular complexity index is 445. The summed E-state index contributed by atoms with van der Waals surface area (Å²) in [7, 11) is 0. The first-order valence-corrected chi connectivity index (χ1v) is 5.98. The molecule has 2 heterocycles. The Labute approximate surface area is 99.6 Å². The summed E-state index contributed by atoms with van der Waals surface area (Å²) in [6.45, 7) is 2.88. The molecular formula is C13H15FN2O. The van der Waals surface area contributed by atoms with Crippen LogP contribution in [-0.2, 0) is 4.79 Å². The molecule has 0 spiro atoms. The van der Waals surface area contributed by atoms with Gasteiger partial charge in [-0.15, -0.1) is 0 Å². The van der Waals surface area contributed by atoms with E-state index in [0.29, 0.717) is 6.04 Å². The number of hydrogen-bond acceptors (Lipinski definition) is 2. The van der Waals surface area contributed by atoms with Crippen LogP contribution in [0.5, 0.6) is 0 Å². The Kier molecular flexibility index (Phi) is 2.40. The Morgan fingerprint density at radius 2 is 2.12 bits per heavy atom. The van der Waals surface area contributed by atoms with E-state index in [1.807, 2.05) is 11.8 Å². The van der Waals surface area contributed by atoms with Gasteiger partial charge in [0.15, 0.2) is 0 Å². The average molecular weight is 234 g/mol. The molecule has 1 unspecified atom stereocenters. The third-order valence-electron chi connectivity index (χ3n) is 3.82. The number of piperazine rings is 1. The van der Waals surface area contributed by atoms with Crippen LogP contribution >= 0.6 is 0 Å². The summed E-state index contributed by atoms with van der Waals surface area (Å²) in [6, 6.07) is 6.74. The van der Waals surface area contributed by atoms with Gasteiger partial charge in [0.05, 0.1) is 12.1 Å². The summed E-state index contributed by atoms with van der Waals surface area (Å²) in [5.74, 6) is -0.0602. The lowest BCUT2D eigenvalue weighted by Gasteiger charge is -2.33. The van der Waals surface area contributed by atoms with Gasteiger partial charge < -0.3 is 10.2 Å². The highest BCUT2D eigenvalue weighted by molar-refractivity contribution is 5.86. The number of amides is 1. The highest BCUT2D eigenvalue weighted by Gasteiger charge is 2.46. The zero-order chi connectivity index (χ0) is 12.0. The van der Waals surface area contributed by atoms with Crippen LogP contribution in [0.25, 0.3) is 0 Å². The maximum absolute atomic E-state index is 12.9. The van der Waals surface area contributed by atoms with Gasteiger partial charge in [-0.3, -0.25) is 4.79 Å². The van der Waals surface area contributed by atoms with E-state index in [1.54, 1.807) is 12.1 Å². The lowest BCUT2D eigenvalue weighted by atomic mass is 10.1. The van der Waals surface area contributed by atoms with Crippen molar-refractivity contribution in [3.8, 4) is 0 Å². The lowest BCUT2D eigenvalue weighted by Crippen LogP contribution is -2.48. The zero-order valence-corrected chi connectivity index (χ0v) is 9.69. The van der Waals surface area contributed by atoms with Gasteiger partial charge in [-0.05, 0) is 31.0 Å². The van der Waals surface area contributed by atoms with Gasteiger partial charge in [0.2, 0.25) is 5.91 Å². The molecule has 90 valence electrons. The second-order valence-electron chi connectivity index (χ2n) is 4.82. The van der Waals surface area contributed by atoms with Crippen molar-refractivity contribution in [2.24, 2.45) is 0 Å². The molecule has 3 atom stereocenters. The molecule has 2 aliphatic rings. The molecule has 2 saturated heterocycles. The molecular weight excluding hydrogens is 219 g/mol. The number of hydrogen-bond donors (Lipinski definition) is 1. The number of carbonyl (C=O) groups is 1. The number of likely N-dealkylation sites (tertiary alicyclic amines) is 1. The maximum atomic E-state index is 12.9. The fourth-order valence-electron chi connectivity index (χ4n) is 2.89. The van der Waals surface area contributed by atoms with Crippen LogP contribution in [0, 0.1) is 5.82 Å². The molecule has 1 N–H and O–H groups in total. The highest BCUT2D eigenvalue weighted by Crippen LogP contribution is 2.33. The minimum absolute atomic E-state index is 0.00268. The Morgan fingerprint density at radius 3 is 2.71 bits per heavy atom. The van der Waals surface area contributed by atoms with Gasteiger partial charge in [0, 0.05) is 12.6 Å². The van der Waals surface area contributed by atoms with Gasteiger partial charge in [0.25, 0.3) is 0 Å². The fraction of sp³-hybridized carbons (Fsp3) is 0.462. The van der Waals surface area contributed by atoms with Crippen LogP contribution in [-0.4, -0.2) is 29.4 Å². The van der Waals surface area contributed by atoms with Crippen LogP contribution in [0.15, 0.2) is 24.3 Å². The predicted molar refractivity (Wildman–Crippen MR) is 61.9 cm³/mol. The number of benzene rings is 1. The monoisotopic (exact) mass is 234 g/mol. The highest BCUT2D eigenvalue weighted by atomic mass is 19.1. The van der Waals surface area contributed by atoms with E-state index in [-0.39, 0.29) is 23.8 Å². The Hall–Kier alpha value is -1.42. The molecule has 4 heteroatoms. The zero-order valence-electron chi connectivity index (χ0n) is 9.69. The standard InChI is InChI=1S/C13H15FN2O/c1-8(9-2-4-10(14)5-3-9)16-11-6-12(13(16)17)15-7-11/h2-5,8,11-12,15H,6-7H2,1H3/t8?,11-,12-/m0/s1. The molecule has 2 bridgehead atoms. The number of nitrogens with zero attached hydrogens (tertiary/aromatic N) is 1. The first kappa shape index (κ1) is 10.7. The Morgan fingerprint density at radius 1 is 1.41 bits per heavy atom. The largest absolute Gasteiger partial charge is 0.330 e. The van der Waals surface area contributed by atoms with Crippen molar-refractivity contribution >= 4 is 5.91 Å². The summed E-state index contributed by atoms with van der Waals surface area (Å²) < 4.78 is 12.9. The SMILES string of the molecule is CC(c1ccc(F)cc1)N1C(=O)[C@@H]2C[C@H]1CN2. The van der Waals surface area contributed by atoms with Crippen molar-refractivity contribution in [1.29, 1.82) is 0 Å². The van der Waals surface area contributed by atoms with Crippen molar-refractivity contribution < 1.29 is 9.18 Å². The fourth-order valence-corrected chi connectivity index (χ4v) is 2.89. The Balaban J connectivity index is 1.85. The quantitative estimate of drug-likeness (QED) is 0.840. The summed E-state index contributed by atoms with van der Waals surface area (Å²) in [5.41, 5.74) is 0.993. The molecule has 0 aliphatic carbocycles. The molecule has 3 rings (SSSR count). The molecule has 0 radical (unpaired) electrons. The van der Waals surface area contributed by atoms with E-state index in [4.69, 9.17) is 0 Å². The van der Waals surface area contributed by atoms with Gasteiger partial charge >= 0.3 is 0 Å². The maximum Gasteiger partial charge on any atom is 0.240 e. The van der Waals surface area contributed by atoms with Crippen molar-refractivity contribution in [1.82, 2.24) is 10.2 Å². The van der Waals surface area contributed by atoms with Gasteiger partial charge in [-0.25, -0.2) is 4.39 Å². The first-order chi connectivity index (χ1) is 8.16. The number of carbonyl (C=O) groups excluding carboxylic acids is 1. The van der Waals surface area contributed by atoms with Gasteiger partial charge in [0.1, 0.15) is 5.82 Å². The molecule has 2 aliphatic heterocycles. The topological polar surface area (TPSA) is 32.3 Å². The van der Waals surface area contributed by atoms with E-state index in [0.717, 1.165) is 18.5 Å². The van der Waals surface area contributed by atoms with Crippen molar-refractivity contribution in [2.75, 3.05) is 6.54 Å². The van der Waals surface area contributed by atoms with Crippen LogP contribution < -0.4 is 5.32 Å². The molecule has 1 aromatic rings. The third kappa shape index (κ3) is 1.63. The first-order valence-electron chi connectivity index (χ1n) is 5.98. The normalized spacial score (nSPS) is 28.8. The van der Waals surface area contributed by atoms with E-state index in [9.17, 15) is 9.18 Å². The summed E-state index contributed by atoms with van der Waals surface area (Å²) >= 11 is 0. The van der Waals surface area contributed by atoms with E-state index >= 15 is 0 Å². The lowest BCUT2D eigenvalue weighted by molar-refractivity contribution is -0.134. The van der Waals surface area contributed by atoms with Gasteiger partial charge in [-0.1, -0.05) is 12.1 Å². The summed E-state index contributed by atoms with van der Waals surface area (Å²) in [4.78, 5) is 14.0. The predicted octanol–water partition coefficient (Wildman–Crippen LogP) is 1.46. The van der Waals surface area contributed by atoms with Crippen molar-refractivity contribution in [3.05, 3.63) is 35.6 Å². The average Bonchev–Trinajstić information content (AvgIpc) is 2.89. The second-order valence-corrected chi connectivity index (χ2v) is 4.82. The second kappa shape index (κ2) is 3.81. The number of fused-ring (bicyclic) bond motifs is 2. The molecule has 0 saturated carbocycles. The minimum Gasteiger partial charge on any atom is -0.330 e. The van der Waals surface area contributed by atoms with E-state index < -0.39 is 0 Å². The van der Waals surface area contributed by atoms with Crippen molar-refractivity contribution in [3.63, 3.8) is 0 Å². The molecule has 17 heavy (non-hydrogen) atoms. The van der Waals surface area contributed by atoms with Gasteiger partial charge in [-0.2, -0.15) is 0 Å². The molecule has 1 amide bonds. The minimum atomic E-state index is -0.239. The molecule has 2 fully saturated rings. The number of rotatable bonds is 2. The molecule has 3 nitrogen and oxygen atoms in total. The smallest absolute Gasteiger partial charge is 0.240 e. The molecule has 0 aromatic heterocycles. The molecule has 1 aromatic carbocycles. The van der Waals surface area contributed by atoms with Crippen molar-refractivity contribution in [2.45, 2.75) is 31.5 Å². The third-order valence-corrected chi connectivity index (χ3v) is 3.82. The van der Waals surface area contributed by atoms with E-state index in [1.165, 1.54) is 12.1 Å². The van der Waals surface area contributed by atoms with Crippen LogP contribution in [0.1, 0.15) is 24.9 Å².